The van der Waals surface area contributed by atoms with Crippen molar-refractivity contribution in [3.05, 3.63) is 95.3 Å². The number of anilines is 1. The molecular formula is C21H19FN2O3S. The highest BCUT2D eigenvalue weighted by atomic mass is 32.2. The van der Waals surface area contributed by atoms with Gasteiger partial charge in [0, 0.05) is 17.8 Å². The van der Waals surface area contributed by atoms with Crippen molar-refractivity contribution in [1.82, 2.24) is 5.32 Å². The zero-order valence-electron chi connectivity index (χ0n) is 15.1. The van der Waals surface area contributed by atoms with Crippen LogP contribution in [0.1, 0.15) is 21.5 Å². The van der Waals surface area contributed by atoms with Crippen LogP contribution in [0.5, 0.6) is 0 Å². The van der Waals surface area contributed by atoms with E-state index in [4.69, 9.17) is 0 Å². The van der Waals surface area contributed by atoms with E-state index in [2.05, 4.69) is 10.0 Å². The van der Waals surface area contributed by atoms with Gasteiger partial charge in [-0.25, -0.2) is 12.8 Å². The molecule has 0 radical (unpaired) electrons. The Balaban J connectivity index is 1.73. The fourth-order valence-electron chi connectivity index (χ4n) is 2.56. The van der Waals surface area contributed by atoms with E-state index in [9.17, 15) is 17.6 Å². The van der Waals surface area contributed by atoms with Crippen molar-refractivity contribution in [3.8, 4) is 0 Å². The highest BCUT2D eigenvalue weighted by Crippen LogP contribution is 2.19. The maximum atomic E-state index is 13.7. The molecule has 0 aromatic heterocycles. The summed E-state index contributed by atoms with van der Waals surface area (Å²) >= 11 is 0. The molecule has 144 valence electrons. The SMILES string of the molecule is Cc1ccc(S(=O)(=O)Nc2cccc(C(=O)NCc3ccccc3)c2)cc1F. The Hall–Kier alpha value is -3.19. The topological polar surface area (TPSA) is 75.3 Å². The van der Waals surface area contributed by atoms with Crippen molar-refractivity contribution < 1.29 is 17.6 Å². The minimum absolute atomic E-state index is 0.186. The van der Waals surface area contributed by atoms with Crippen LogP contribution in [-0.2, 0) is 16.6 Å². The Kier molecular flexibility index (Phi) is 5.75. The number of carbonyl (C=O) groups excluding carboxylic acids is 1. The maximum absolute atomic E-state index is 13.7. The number of hydrogen-bond acceptors (Lipinski definition) is 3. The van der Waals surface area contributed by atoms with Crippen LogP contribution in [0.25, 0.3) is 0 Å². The summed E-state index contributed by atoms with van der Waals surface area (Å²) in [7, 11) is -3.97. The van der Waals surface area contributed by atoms with Crippen LogP contribution in [0, 0.1) is 12.7 Å². The number of sulfonamides is 1. The van der Waals surface area contributed by atoms with E-state index in [1.807, 2.05) is 30.3 Å². The quantitative estimate of drug-likeness (QED) is 0.662. The molecule has 3 aromatic rings. The second kappa shape index (κ2) is 8.22. The molecule has 2 N–H and O–H groups in total. The molecule has 7 heteroatoms. The maximum Gasteiger partial charge on any atom is 0.261 e. The molecule has 0 aliphatic carbocycles. The number of hydrogen-bond donors (Lipinski definition) is 2. The van der Waals surface area contributed by atoms with Crippen LogP contribution in [-0.4, -0.2) is 14.3 Å². The average Bonchev–Trinajstić information content (AvgIpc) is 2.69. The molecule has 5 nitrogen and oxygen atoms in total. The molecule has 0 aliphatic rings. The van der Waals surface area contributed by atoms with Crippen LogP contribution < -0.4 is 10.0 Å². The summed E-state index contributed by atoms with van der Waals surface area (Å²) in [6.07, 6.45) is 0. The first-order chi connectivity index (χ1) is 13.3. The van der Waals surface area contributed by atoms with E-state index < -0.39 is 15.8 Å². The van der Waals surface area contributed by atoms with Gasteiger partial charge in [0.05, 0.1) is 4.90 Å². The van der Waals surface area contributed by atoms with Gasteiger partial charge in [0.2, 0.25) is 0 Å². The second-order valence-electron chi connectivity index (χ2n) is 6.27. The summed E-state index contributed by atoms with van der Waals surface area (Å²) in [6, 6.07) is 19.3. The van der Waals surface area contributed by atoms with Gasteiger partial charge in [-0.3, -0.25) is 9.52 Å². The molecule has 3 aromatic carbocycles. The summed E-state index contributed by atoms with van der Waals surface area (Å²) in [6.45, 7) is 1.91. The van der Waals surface area contributed by atoms with Gasteiger partial charge in [0.15, 0.2) is 0 Å². The highest BCUT2D eigenvalue weighted by molar-refractivity contribution is 7.92. The van der Waals surface area contributed by atoms with Gasteiger partial charge in [-0.2, -0.15) is 0 Å². The van der Waals surface area contributed by atoms with Crippen LogP contribution in [0.3, 0.4) is 0 Å². The fourth-order valence-corrected chi connectivity index (χ4v) is 3.62. The number of nitrogens with one attached hydrogen (secondary N) is 2. The average molecular weight is 398 g/mol. The molecule has 0 spiro atoms. The molecule has 1 amide bonds. The summed E-state index contributed by atoms with van der Waals surface area (Å²) in [5.74, 6) is -0.928. The summed E-state index contributed by atoms with van der Waals surface area (Å²) in [4.78, 5) is 12.2. The van der Waals surface area contributed by atoms with E-state index in [1.165, 1.54) is 24.3 Å². The molecule has 0 fully saturated rings. The van der Waals surface area contributed by atoms with Crippen molar-refractivity contribution in [2.45, 2.75) is 18.4 Å². The van der Waals surface area contributed by atoms with Crippen molar-refractivity contribution in [2.24, 2.45) is 0 Å². The Morgan fingerprint density at radius 1 is 0.964 bits per heavy atom. The van der Waals surface area contributed by atoms with Crippen molar-refractivity contribution in [1.29, 1.82) is 0 Å². The Morgan fingerprint density at radius 2 is 1.71 bits per heavy atom. The van der Waals surface area contributed by atoms with Gasteiger partial charge >= 0.3 is 0 Å². The van der Waals surface area contributed by atoms with Crippen LogP contribution in [0.4, 0.5) is 10.1 Å². The van der Waals surface area contributed by atoms with Gasteiger partial charge in [-0.15, -0.1) is 0 Å². The van der Waals surface area contributed by atoms with E-state index in [0.29, 0.717) is 17.7 Å². The Morgan fingerprint density at radius 3 is 2.43 bits per heavy atom. The predicted octanol–water partition coefficient (Wildman–Crippen LogP) is 3.86. The number of halogens is 1. The minimum atomic E-state index is -3.97. The lowest BCUT2D eigenvalue weighted by Crippen LogP contribution is -2.23. The standard InChI is InChI=1S/C21H19FN2O3S/c1-15-10-11-19(13-20(15)22)28(26,27)24-18-9-5-8-17(12-18)21(25)23-14-16-6-3-2-4-7-16/h2-13,24H,14H2,1H3,(H,23,25). The third-order valence-electron chi connectivity index (χ3n) is 4.13. The molecule has 0 unspecified atom stereocenters. The van der Waals surface area contributed by atoms with Crippen LogP contribution >= 0.6 is 0 Å². The molecule has 3 rings (SSSR count). The van der Waals surface area contributed by atoms with E-state index in [-0.39, 0.29) is 16.5 Å². The van der Waals surface area contributed by atoms with Gasteiger partial charge in [0.1, 0.15) is 5.82 Å². The third kappa shape index (κ3) is 4.75. The first-order valence-corrected chi connectivity index (χ1v) is 10.0. The van der Waals surface area contributed by atoms with Crippen molar-refractivity contribution in [2.75, 3.05) is 4.72 Å². The molecule has 0 bridgehead atoms. The van der Waals surface area contributed by atoms with Gasteiger partial charge in [-0.1, -0.05) is 42.5 Å². The van der Waals surface area contributed by atoms with Gasteiger partial charge < -0.3 is 5.32 Å². The number of amides is 1. The predicted molar refractivity (Wildman–Crippen MR) is 106 cm³/mol. The lowest BCUT2D eigenvalue weighted by molar-refractivity contribution is 0.0951. The monoisotopic (exact) mass is 398 g/mol. The van der Waals surface area contributed by atoms with Crippen molar-refractivity contribution in [3.63, 3.8) is 0 Å². The first-order valence-electron chi connectivity index (χ1n) is 8.56. The van der Waals surface area contributed by atoms with Crippen LogP contribution in [0.15, 0.2) is 77.7 Å². The Labute approximate surface area is 163 Å². The lowest BCUT2D eigenvalue weighted by atomic mass is 10.2. The third-order valence-corrected chi connectivity index (χ3v) is 5.51. The molecule has 0 aliphatic heterocycles. The van der Waals surface area contributed by atoms with Crippen molar-refractivity contribution >= 4 is 21.6 Å². The molecule has 0 saturated heterocycles. The lowest BCUT2D eigenvalue weighted by Gasteiger charge is -2.11. The normalized spacial score (nSPS) is 11.1. The number of rotatable bonds is 6. The van der Waals surface area contributed by atoms with Gasteiger partial charge in [0.25, 0.3) is 15.9 Å². The van der Waals surface area contributed by atoms with Crippen LogP contribution in [0.2, 0.25) is 0 Å². The fraction of sp³-hybridized carbons (Fsp3) is 0.0952. The molecule has 0 saturated carbocycles. The van der Waals surface area contributed by atoms with E-state index >= 15 is 0 Å². The molecule has 0 atom stereocenters. The zero-order chi connectivity index (χ0) is 20.1. The van der Waals surface area contributed by atoms with E-state index in [1.54, 1.807) is 19.1 Å². The van der Waals surface area contributed by atoms with E-state index in [0.717, 1.165) is 11.6 Å². The largest absolute Gasteiger partial charge is 0.348 e. The number of carbonyl (C=O) groups is 1. The Bertz CT molecular complexity index is 1100. The minimum Gasteiger partial charge on any atom is -0.348 e. The highest BCUT2D eigenvalue weighted by Gasteiger charge is 2.16. The molecular weight excluding hydrogens is 379 g/mol. The summed E-state index contributed by atoms with van der Waals surface area (Å²) in [5, 5.41) is 2.78. The number of aryl methyl sites for hydroxylation is 1. The number of benzene rings is 3. The smallest absolute Gasteiger partial charge is 0.261 e. The summed E-state index contributed by atoms with van der Waals surface area (Å²) in [5.41, 5.74) is 1.84. The zero-order valence-corrected chi connectivity index (χ0v) is 16.0. The second-order valence-corrected chi connectivity index (χ2v) is 7.95. The first kappa shape index (κ1) is 19.6. The molecule has 28 heavy (non-hydrogen) atoms. The van der Waals surface area contributed by atoms with Gasteiger partial charge in [-0.05, 0) is 48.4 Å². The molecule has 0 heterocycles. The summed E-state index contributed by atoms with van der Waals surface area (Å²) < 4.78 is 41.0.